The molecule has 3 N–H and O–H groups in total. The van der Waals surface area contributed by atoms with Crippen LogP contribution in [0, 0.1) is 0 Å². The maximum Gasteiger partial charge on any atom is 0.303 e. The van der Waals surface area contributed by atoms with Crippen molar-refractivity contribution < 1.29 is 14.7 Å². The molecule has 1 heterocycles. The van der Waals surface area contributed by atoms with Gasteiger partial charge in [0.1, 0.15) is 5.82 Å². The van der Waals surface area contributed by atoms with Gasteiger partial charge in [-0.05, 0) is 54.4 Å². The topological polar surface area (TPSA) is 95.1 Å². The van der Waals surface area contributed by atoms with Crippen LogP contribution >= 0.6 is 23.2 Å². The van der Waals surface area contributed by atoms with Crippen LogP contribution in [-0.2, 0) is 11.2 Å². The van der Waals surface area contributed by atoms with Crippen LogP contribution in [0.25, 0.3) is 22.4 Å². The van der Waals surface area contributed by atoms with E-state index in [1.54, 1.807) is 60.7 Å². The van der Waals surface area contributed by atoms with Crippen LogP contribution in [0.3, 0.4) is 0 Å². The Kier molecular flexibility index (Phi) is 5.93. The number of nitrogens with one attached hydrogen (secondary N) is 2. The number of carboxylic acids is 1. The first-order valence-electron chi connectivity index (χ1n) is 9.47. The molecule has 0 fully saturated rings. The molecule has 0 saturated carbocycles. The first-order chi connectivity index (χ1) is 14.9. The van der Waals surface area contributed by atoms with Gasteiger partial charge in [0, 0.05) is 17.7 Å². The molecule has 0 unspecified atom stereocenters. The molecule has 6 nitrogen and oxygen atoms in total. The molecular weight excluding hydrogens is 437 g/mol. The molecule has 4 rings (SSSR count). The van der Waals surface area contributed by atoms with E-state index < -0.39 is 5.97 Å². The molecule has 0 aliphatic heterocycles. The number of anilines is 1. The van der Waals surface area contributed by atoms with Crippen LogP contribution in [0.4, 0.5) is 5.69 Å². The van der Waals surface area contributed by atoms with Crippen LogP contribution in [0.5, 0.6) is 0 Å². The summed E-state index contributed by atoms with van der Waals surface area (Å²) in [7, 11) is 0. The molecule has 3 aromatic carbocycles. The molecule has 0 radical (unpaired) electrons. The monoisotopic (exact) mass is 453 g/mol. The van der Waals surface area contributed by atoms with Crippen LogP contribution in [0.2, 0.25) is 10.0 Å². The van der Waals surface area contributed by atoms with E-state index in [-0.39, 0.29) is 12.3 Å². The number of hydrogen-bond acceptors (Lipinski definition) is 3. The lowest BCUT2D eigenvalue weighted by Crippen LogP contribution is -2.11. The van der Waals surface area contributed by atoms with Gasteiger partial charge in [-0.3, -0.25) is 9.59 Å². The van der Waals surface area contributed by atoms with Crippen LogP contribution < -0.4 is 5.32 Å². The SMILES string of the molecule is O=C(O)CCc1ccc(NC(=O)c2ccc3nc(-c4c(Cl)cccc4Cl)[nH]c3c2)cc1. The van der Waals surface area contributed by atoms with Gasteiger partial charge in [0.05, 0.1) is 26.6 Å². The molecule has 1 amide bonds. The van der Waals surface area contributed by atoms with Gasteiger partial charge in [-0.15, -0.1) is 0 Å². The number of aromatic amines is 1. The van der Waals surface area contributed by atoms with Crippen molar-refractivity contribution in [3.8, 4) is 11.4 Å². The first-order valence-corrected chi connectivity index (χ1v) is 10.2. The summed E-state index contributed by atoms with van der Waals surface area (Å²) in [4.78, 5) is 31.1. The maximum atomic E-state index is 12.7. The minimum Gasteiger partial charge on any atom is -0.481 e. The fourth-order valence-corrected chi connectivity index (χ4v) is 3.78. The van der Waals surface area contributed by atoms with Gasteiger partial charge >= 0.3 is 5.97 Å². The second-order valence-electron chi connectivity index (χ2n) is 6.96. The van der Waals surface area contributed by atoms with E-state index in [1.165, 1.54) is 0 Å². The summed E-state index contributed by atoms with van der Waals surface area (Å²) in [5, 5.41) is 12.6. The Morgan fingerprint density at radius 3 is 2.39 bits per heavy atom. The van der Waals surface area contributed by atoms with E-state index >= 15 is 0 Å². The van der Waals surface area contributed by atoms with Crippen molar-refractivity contribution in [2.24, 2.45) is 0 Å². The predicted octanol–water partition coefficient (Wildman–Crippen LogP) is 5.81. The lowest BCUT2D eigenvalue weighted by atomic mass is 10.1. The number of aromatic nitrogens is 2. The van der Waals surface area contributed by atoms with Crippen molar-refractivity contribution in [2.75, 3.05) is 5.32 Å². The standard InChI is InChI=1S/C23H17Cl2N3O3/c24-16-2-1-3-17(25)21(16)22-27-18-10-7-14(12-19(18)28-22)23(31)26-15-8-4-13(5-9-15)6-11-20(29)30/h1-5,7-10,12H,6,11H2,(H,26,31)(H,27,28)(H,29,30). The molecule has 31 heavy (non-hydrogen) atoms. The number of hydrogen-bond donors (Lipinski definition) is 3. The minimum absolute atomic E-state index is 0.0668. The summed E-state index contributed by atoms with van der Waals surface area (Å²) in [6, 6.07) is 17.5. The highest BCUT2D eigenvalue weighted by Crippen LogP contribution is 2.34. The van der Waals surface area contributed by atoms with Crippen molar-refractivity contribution in [3.63, 3.8) is 0 Å². The van der Waals surface area contributed by atoms with Gasteiger partial charge in [0.2, 0.25) is 0 Å². The number of carboxylic acid groups (broad SMARTS) is 1. The minimum atomic E-state index is -0.841. The second kappa shape index (κ2) is 8.79. The van der Waals surface area contributed by atoms with E-state index in [1.807, 2.05) is 0 Å². The van der Waals surface area contributed by atoms with Crippen molar-refractivity contribution in [3.05, 3.63) is 81.8 Å². The number of carbonyl (C=O) groups excluding carboxylic acids is 1. The molecule has 4 aromatic rings. The van der Waals surface area contributed by atoms with E-state index in [4.69, 9.17) is 28.3 Å². The average Bonchev–Trinajstić information content (AvgIpc) is 3.15. The summed E-state index contributed by atoms with van der Waals surface area (Å²) < 4.78 is 0. The third-order valence-electron chi connectivity index (χ3n) is 4.78. The van der Waals surface area contributed by atoms with Gasteiger partial charge < -0.3 is 15.4 Å². The van der Waals surface area contributed by atoms with Gasteiger partial charge in [0.25, 0.3) is 5.91 Å². The van der Waals surface area contributed by atoms with E-state index in [0.717, 1.165) is 5.56 Å². The fourth-order valence-electron chi connectivity index (χ4n) is 3.20. The molecule has 0 aliphatic carbocycles. The Bertz CT molecular complexity index is 1260. The van der Waals surface area contributed by atoms with Gasteiger partial charge in [-0.1, -0.05) is 41.4 Å². The number of aryl methyl sites for hydroxylation is 1. The van der Waals surface area contributed by atoms with Crippen molar-refractivity contribution in [1.29, 1.82) is 0 Å². The van der Waals surface area contributed by atoms with Gasteiger partial charge in [-0.2, -0.15) is 0 Å². The molecule has 1 aromatic heterocycles. The summed E-state index contributed by atoms with van der Waals surface area (Å²) >= 11 is 12.5. The molecule has 0 atom stereocenters. The summed E-state index contributed by atoms with van der Waals surface area (Å²) in [6.07, 6.45) is 0.509. The first kappa shape index (κ1) is 20.9. The van der Waals surface area contributed by atoms with Crippen LogP contribution in [0.15, 0.2) is 60.7 Å². The number of fused-ring (bicyclic) bond motifs is 1. The molecule has 0 saturated heterocycles. The molecule has 0 bridgehead atoms. The summed E-state index contributed by atoms with van der Waals surface area (Å²) in [6.45, 7) is 0. The number of aliphatic carboxylic acids is 1. The molecule has 0 aliphatic rings. The Morgan fingerprint density at radius 1 is 1.00 bits per heavy atom. The van der Waals surface area contributed by atoms with Crippen molar-refractivity contribution >= 4 is 51.8 Å². The number of H-pyrrole nitrogens is 1. The number of rotatable bonds is 6. The third-order valence-corrected chi connectivity index (χ3v) is 5.41. The van der Waals surface area contributed by atoms with Gasteiger partial charge in [-0.25, -0.2) is 4.98 Å². The van der Waals surface area contributed by atoms with Crippen LogP contribution in [-0.4, -0.2) is 27.0 Å². The lowest BCUT2D eigenvalue weighted by Gasteiger charge is -2.06. The summed E-state index contributed by atoms with van der Waals surface area (Å²) in [5.41, 5.74) is 3.95. The highest BCUT2D eigenvalue weighted by Gasteiger charge is 2.14. The average molecular weight is 454 g/mol. The highest BCUT2D eigenvalue weighted by atomic mass is 35.5. The Hall–Kier alpha value is -3.35. The lowest BCUT2D eigenvalue weighted by molar-refractivity contribution is -0.136. The Balaban J connectivity index is 1.53. The Morgan fingerprint density at radius 2 is 1.71 bits per heavy atom. The normalized spacial score (nSPS) is 10.9. The van der Waals surface area contributed by atoms with E-state index in [2.05, 4.69) is 15.3 Å². The highest BCUT2D eigenvalue weighted by molar-refractivity contribution is 6.39. The second-order valence-corrected chi connectivity index (χ2v) is 7.77. The largest absolute Gasteiger partial charge is 0.481 e. The predicted molar refractivity (Wildman–Crippen MR) is 122 cm³/mol. The van der Waals surface area contributed by atoms with E-state index in [0.29, 0.717) is 50.1 Å². The number of amides is 1. The zero-order valence-electron chi connectivity index (χ0n) is 16.2. The number of carbonyl (C=O) groups is 2. The van der Waals surface area contributed by atoms with Crippen LogP contribution in [0.1, 0.15) is 22.3 Å². The van der Waals surface area contributed by atoms with Crippen molar-refractivity contribution in [2.45, 2.75) is 12.8 Å². The number of nitrogens with zero attached hydrogens (tertiary/aromatic N) is 1. The zero-order chi connectivity index (χ0) is 22.0. The smallest absolute Gasteiger partial charge is 0.303 e. The number of imidazole rings is 1. The third kappa shape index (κ3) is 4.71. The van der Waals surface area contributed by atoms with E-state index in [9.17, 15) is 9.59 Å². The molecular formula is C23H17Cl2N3O3. The molecule has 8 heteroatoms. The molecule has 0 spiro atoms. The summed E-state index contributed by atoms with van der Waals surface area (Å²) in [5.74, 6) is -0.584. The zero-order valence-corrected chi connectivity index (χ0v) is 17.7. The number of benzene rings is 3. The number of halogens is 2. The fraction of sp³-hybridized carbons (Fsp3) is 0.0870. The maximum absolute atomic E-state index is 12.7. The molecule has 156 valence electrons. The quantitative estimate of drug-likeness (QED) is 0.343. The Labute approximate surface area is 187 Å². The van der Waals surface area contributed by atoms with Crippen molar-refractivity contribution in [1.82, 2.24) is 9.97 Å². The van der Waals surface area contributed by atoms with Gasteiger partial charge in [0.15, 0.2) is 0 Å².